The van der Waals surface area contributed by atoms with E-state index in [4.69, 9.17) is 10.5 Å². The fraction of sp³-hybridized carbons (Fsp3) is 0.467. The molecule has 0 spiro atoms. The van der Waals surface area contributed by atoms with Crippen LogP contribution in [0.5, 0.6) is 0 Å². The van der Waals surface area contributed by atoms with E-state index in [1.54, 1.807) is 11.0 Å². The smallest absolute Gasteiger partial charge is 0.414 e. The minimum atomic E-state index is -0.414. The molecule has 6 heteroatoms. The predicted molar refractivity (Wildman–Crippen MR) is 79.1 cm³/mol. The number of hydrogen-bond acceptors (Lipinski definition) is 4. The second-order valence-electron chi connectivity index (χ2n) is 5.61. The van der Waals surface area contributed by atoms with E-state index < -0.39 is 5.41 Å². The largest absolute Gasteiger partial charge is 0.447 e. The monoisotopic (exact) mass is 289 g/mol. The van der Waals surface area contributed by atoms with Crippen molar-refractivity contribution >= 4 is 23.4 Å². The Labute approximate surface area is 123 Å². The molecule has 1 aliphatic heterocycles. The predicted octanol–water partition coefficient (Wildman–Crippen LogP) is 1.71. The Kier molecular flexibility index (Phi) is 3.55. The summed E-state index contributed by atoms with van der Waals surface area (Å²) in [4.78, 5) is 25.5. The fourth-order valence-corrected chi connectivity index (χ4v) is 2.77. The van der Waals surface area contributed by atoms with Gasteiger partial charge in [0.25, 0.3) is 0 Å². The number of benzene rings is 1. The van der Waals surface area contributed by atoms with Crippen LogP contribution in [0, 0.1) is 5.41 Å². The number of anilines is 2. The highest BCUT2D eigenvalue weighted by Gasteiger charge is 2.42. The quantitative estimate of drug-likeness (QED) is 0.883. The van der Waals surface area contributed by atoms with Crippen molar-refractivity contribution in [2.45, 2.75) is 19.3 Å². The van der Waals surface area contributed by atoms with Crippen LogP contribution in [0.15, 0.2) is 24.3 Å². The van der Waals surface area contributed by atoms with E-state index in [9.17, 15) is 9.59 Å². The van der Waals surface area contributed by atoms with Crippen molar-refractivity contribution in [3.05, 3.63) is 24.3 Å². The van der Waals surface area contributed by atoms with Gasteiger partial charge in [-0.25, -0.2) is 4.79 Å². The van der Waals surface area contributed by atoms with E-state index in [2.05, 4.69) is 5.32 Å². The number of nitrogens with zero attached hydrogens (tertiary/aromatic N) is 1. The summed E-state index contributed by atoms with van der Waals surface area (Å²) in [5, 5.41) is 2.92. The zero-order valence-corrected chi connectivity index (χ0v) is 11.8. The molecule has 112 valence electrons. The summed E-state index contributed by atoms with van der Waals surface area (Å²) in [6.07, 6.45) is 2.38. The van der Waals surface area contributed by atoms with Gasteiger partial charge in [0.1, 0.15) is 6.61 Å². The molecule has 2 aliphatic rings. The van der Waals surface area contributed by atoms with E-state index in [1.807, 2.05) is 18.2 Å². The summed E-state index contributed by atoms with van der Waals surface area (Å²) in [5.41, 5.74) is 6.73. The first-order chi connectivity index (χ1) is 10.1. The maximum absolute atomic E-state index is 12.3. The molecule has 3 N–H and O–H groups in total. The van der Waals surface area contributed by atoms with Crippen molar-refractivity contribution in [2.75, 3.05) is 29.9 Å². The standard InChI is InChI=1S/C15H19N3O3/c16-10-15(5-2-6-15)13(19)17-11-3-1-4-12(9-11)18-7-8-21-14(18)20/h1,3-4,9H,2,5-8,10,16H2,(H,17,19). The van der Waals surface area contributed by atoms with Gasteiger partial charge in [-0.1, -0.05) is 12.5 Å². The number of ether oxygens (including phenoxy) is 1. The summed E-state index contributed by atoms with van der Waals surface area (Å²) in [6.45, 7) is 1.30. The van der Waals surface area contributed by atoms with E-state index >= 15 is 0 Å². The molecule has 0 atom stereocenters. The molecule has 2 amide bonds. The van der Waals surface area contributed by atoms with Gasteiger partial charge in [0.15, 0.2) is 0 Å². The van der Waals surface area contributed by atoms with Crippen LogP contribution in [-0.2, 0) is 9.53 Å². The number of amides is 2. The second kappa shape index (κ2) is 5.37. The third-order valence-electron chi connectivity index (χ3n) is 4.36. The van der Waals surface area contributed by atoms with Crippen molar-refractivity contribution in [3.8, 4) is 0 Å². The Balaban J connectivity index is 1.74. The summed E-state index contributed by atoms with van der Waals surface area (Å²) in [5.74, 6) is -0.0302. The molecule has 21 heavy (non-hydrogen) atoms. The van der Waals surface area contributed by atoms with Gasteiger partial charge < -0.3 is 15.8 Å². The average molecular weight is 289 g/mol. The van der Waals surface area contributed by atoms with Gasteiger partial charge >= 0.3 is 6.09 Å². The molecule has 0 aromatic heterocycles. The minimum Gasteiger partial charge on any atom is -0.447 e. The average Bonchev–Trinajstić information content (AvgIpc) is 2.85. The summed E-state index contributed by atoms with van der Waals surface area (Å²) in [7, 11) is 0. The van der Waals surface area contributed by atoms with E-state index in [-0.39, 0.29) is 12.0 Å². The Morgan fingerprint density at radius 1 is 1.43 bits per heavy atom. The first-order valence-electron chi connectivity index (χ1n) is 7.20. The number of carbonyl (C=O) groups is 2. The lowest BCUT2D eigenvalue weighted by Gasteiger charge is -2.39. The highest BCUT2D eigenvalue weighted by molar-refractivity contribution is 5.97. The van der Waals surface area contributed by atoms with Gasteiger partial charge in [0, 0.05) is 17.9 Å². The Morgan fingerprint density at radius 3 is 2.81 bits per heavy atom. The van der Waals surface area contributed by atoms with Crippen LogP contribution in [0.3, 0.4) is 0 Å². The summed E-state index contributed by atoms with van der Waals surface area (Å²) < 4.78 is 4.92. The highest BCUT2D eigenvalue weighted by Crippen LogP contribution is 2.41. The molecule has 0 bridgehead atoms. The minimum absolute atomic E-state index is 0.0302. The van der Waals surface area contributed by atoms with Crippen molar-refractivity contribution in [1.29, 1.82) is 0 Å². The van der Waals surface area contributed by atoms with Gasteiger partial charge in [-0.3, -0.25) is 9.69 Å². The first-order valence-corrected chi connectivity index (χ1v) is 7.20. The van der Waals surface area contributed by atoms with Crippen LogP contribution in [0.4, 0.5) is 16.2 Å². The molecule has 1 saturated carbocycles. The third kappa shape index (κ3) is 2.47. The lowest BCUT2D eigenvalue weighted by molar-refractivity contribution is -0.129. The number of cyclic esters (lactones) is 1. The van der Waals surface area contributed by atoms with E-state index in [0.29, 0.717) is 25.4 Å². The normalized spacial score (nSPS) is 19.9. The Morgan fingerprint density at radius 2 is 2.24 bits per heavy atom. The lowest BCUT2D eigenvalue weighted by Crippen LogP contribution is -2.47. The molecule has 6 nitrogen and oxygen atoms in total. The number of rotatable bonds is 4. The van der Waals surface area contributed by atoms with Crippen molar-refractivity contribution in [2.24, 2.45) is 11.1 Å². The number of nitrogens with one attached hydrogen (secondary N) is 1. The maximum atomic E-state index is 12.3. The van der Waals surface area contributed by atoms with Gasteiger partial charge in [0.2, 0.25) is 5.91 Å². The fourth-order valence-electron chi connectivity index (χ4n) is 2.77. The van der Waals surface area contributed by atoms with E-state index in [1.165, 1.54) is 0 Å². The molecule has 1 heterocycles. The van der Waals surface area contributed by atoms with Crippen LogP contribution in [0.25, 0.3) is 0 Å². The molecule has 1 saturated heterocycles. The van der Waals surface area contributed by atoms with Crippen LogP contribution in [0.1, 0.15) is 19.3 Å². The number of nitrogens with two attached hydrogens (primary N) is 1. The summed E-state index contributed by atoms with van der Waals surface area (Å²) >= 11 is 0. The third-order valence-corrected chi connectivity index (χ3v) is 4.36. The molecular formula is C15H19N3O3. The molecular weight excluding hydrogens is 270 g/mol. The molecule has 3 rings (SSSR count). The molecule has 1 aromatic carbocycles. The van der Waals surface area contributed by atoms with Gasteiger partial charge in [0.05, 0.1) is 12.0 Å². The first kappa shape index (κ1) is 13.9. The van der Waals surface area contributed by atoms with Crippen molar-refractivity contribution in [1.82, 2.24) is 0 Å². The molecule has 2 fully saturated rings. The number of hydrogen-bond donors (Lipinski definition) is 2. The topological polar surface area (TPSA) is 84.7 Å². The van der Waals surface area contributed by atoms with Crippen LogP contribution in [0.2, 0.25) is 0 Å². The molecule has 0 radical (unpaired) electrons. The molecule has 1 aliphatic carbocycles. The van der Waals surface area contributed by atoms with Gasteiger partial charge in [-0.2, -0.15) is 0 Å². The van der Waals surface area contributed by atoms with Gasteiger partial charge in [-0.05, 0) is 31.0 Å². The molecule has 0 unspecified atom stereocenters. The molecule has 1 aromatic rings. The highest BCUT2D eigenvalue weighted by atomic mass is 16.6. The van der Waals surface area contributed by atoms with Crippen LogP contribution in [-0.4, -0.2) is 31.7 Å². The van der Waals surface area contributed by atoms with Crippen LogP contribution < -0.4 is 16.0 Å². The Bertz CT molecular complexity index is 564. The number of carbonyl (C=O) groups excluding carboxylic acids is 2. The zero-order chi connectivity index (χ0) is 14.9. The SMILES string of the molecule is NCC1(C(=O)Nc2cccc(N3CCOC3=O)c2)CCC1. The lowest BCUT2D eigenvalue weighted by atomic mass is 9.68. The van der Waals surface area contributed by atoms with Gasteiger partial charge in [-0.15, -0.1) is 0 Å². The van der Waals surface area contributed by atoms with E-state index in [0.717, 1.165) is 24.9 Å². The Hall–Kier alpha value is -2.08. The summed E-state index contributed by atoms with van der Waals surface area (Å²) in [6, 6.07) is 7.23. The second-order valence-corrected chi connectivity index (χ2v) is 5.61. The zero-order valence-electron chi connectivity index (χ0n) is 11.8. The van der Waals surface area contributed by atoms with Crippen molar-refractivity contribution in [3.63, 3.8) is 0 Å². The van der Waals surface area contributed by atoms with Crippen LogP contribution >= 0.6 is 0 Å². The maximum Gasteiger partial charge on any atom is 0.414 e. The van der Waals surface area contributed by atoms with Crippen molar-refractivity contribution < 1.29 is 14.3 Å².